The van der Waals surface area contributed by atoms with E-state index in [1.807, 2.05) is 6.07 Å². The molecule has 4 heteroatoms. The Hall–Kier alpha value is -0.290. The highest BCUT2D eigenvalue weighted by atomic mass is 127. The Bertz CT molecular complexity index is 402. The van der Waals surface area contributed by atoms with Crippen LogP contribution in [-0.4, -0.2) is 11.9 Å². The number of halogens is 2. The number of hydrogen-bond donors (Lipinski definition) is 1. The normalized spacial score (nSPS) is 16.4. The summed E-state index contributed by atoms with van der Waals surface area (Å²) in [4.78, 5) is 12.0. The minimum absolute atomic E-state index is 0.0213. The van der Waals surface area contributed by atoms with Gasteiger partial charge in [-0.25, -0.2) is 0 Å². The van der Waals surface area contributed by atoms with E-state index in [2.05, 4.69) is 27.9 Å². The Morgan fingerprint density at radius 1 is 1.38 bits per heavy atom. The molecule has 0 spiro atoms. The van der Waals surface area contributed by atoms with Crippen LogP contribution in [0.1, 0.15) is 36.0 Å². The summed E-state index contributed by atoms with van der Waals surface area (Å²) in [6, 6.07) is 5.71. The Labute approximate surface area is 114 Å². The van der Waals surface area contributed by atoms with E-state index >= 15 is 0 Å². The summed E-state index contributed by atoms with van der Waals surface area (Å²) < 4.78 is 0.903. The van der Waals surface area contributed by atoms with E-state index < -0.39 is 0 Å². The zero-order valence-corrected chi connectivity index (χ0v) is 11.7. The molecular weight excluding hydrogens is 336 g/mol. The van der Waals surface area contributed by atoms with Crippen LogP contribution >= 0.6 is 34.2 Å². The maximum atomic E-state index is 12.0. The zero-order chi connectivity index (χ0) is 11.5. The predicted molar refractivity (Wildman–Crippen MR) is 73.9 cm³/mol. The number of carbonyl (C=O) groups is 1. The monoisotopic (exact) mass is 349 g/mol. The highest BCUT2D eigenvalue weighted by molar-refractivity contribution is 14.1. The van der Waals surface area contributed by atoms with Crippen LogP contribution < -0.4 is 5.32 Å². The van der Waals surface area contributed by atoms with E-state index in [9.17, 15) is 4.79 Å². The topological polar surface area (TPSA) is 29.1 Å². The number of carbonyl (C=O) groups excluding carboxylic acids is 1. The maximum Gasteiger partial charge on any atom is 0.252 e. The van der Waals surface area contributed by atoms with Crippen molar-refractivity contribution in [2.45, 2.75) is 31.7 Å². The van der Waals surface area contributed by atoms with Gasteiger partial charge >= 0.3 is 0 Å². The molecule has 86 valence electrons. The van der Waals surface area contributed by atoms with Gasteiger partial charge in [0.2, 0.25) is 0 Å². The third-order valence-corrected chi connectivity index (χ3v) is 3.99. The third-order valence-electron chi connectivity index (χ3n) is 2.87. The lowest BCUT2D eigenvalue weighted by Gasteiger charge is -2.12. The number of hydrogen-bond acceptors (Lipinski definition) is 1. The Morgan fingerprint density at radius 2 is 2.06 bits per heavy atom. The van der Waals surface area contributed by atoms with Crippen molar-refractivity contribution in [1.82, 2.24) is 5.32 Å². The highest BCUT2D eigenvalue weighted by Gasteiger charge is 2.19. The molecule has 0 unspecified atom stereocenters. The molecule has 1 aromatic carbocycles. The predicted octanol–water partition coefficient (Wildman–Crippen LogP) is 3.62. The quantitative estimate of drug-likeness (QED) is 0.812. The smallest absolute Gasteiger partial charge is 0.252 e. The van der Waals surface area contributed by atoms with Gasteiger partial charge in [0, 0.05) is 14.6 Å². The van der Waals surface area contributed by atoms with Crippen molar-refractivity contribution in [3.63, 3.8) is 0 Å². The van der Waals surface area contributed by atoms with Gasteiger partial charge in [0.05, 0.1) is 5.56 Å². The van der Waals surface area contributed by atoms with Crippen molar-refractivity contribution >= 4 is 40.1 Å². The molecule has 0 heterocycles. The summed E-state index contributed by atoms with van der Waals surface area (Å²) in [5, 5.41) is 3.74. The minimum Gasteiger partial charge on any atom is -0.349 e. The van der Waals surface area contributed by atoms with Crippen molar-refractivity contribution in [3.05, 3.63) is 32.4 Å². The number of benzene rings is 1. The largest absolute Gasteiger partial charge is 0.349 e. The van der Waals surface area contributed by atoms with Crippen molar-refractivity contribution < 1.29 is 4.79 Å². The molecule has 16 heavy (non-hydrogen) atoms. The van der Waals surface area contributed by atoms with Gasteiger partial charge in [-0.15, -0.1) is 0 Å². The molecule has 1 saturated carbocycles. The molecule has 1 amide bonds. The first-order chi connectivity index (χ1) is 7.66. The highest BCUT2D eigenvalue weighted by Crippen LogP contribution is 2.21. The standard InChI is InChI=1S/C12H13ClINO/c13-8-5-6-10(11(14)7-8)12(16)15-9-3-1-2-4-9/h5-7,9H,1-4H2,(H,15,16). The zero-order valence-electron chi connectivity index (χ0n) is 8.80. The lowest BCUT2D eigenvalue weighted by atomic mass is 10.2. The first-order valence-electron chi connectivity index (χ1n) is 5.43. The summed E-state index contributed by atoms with van der Waals surface area (Å²) in [6.07, 6.45) is 4.66. The van der Waals surface area contributed by atoms with Crippen molar-refractivity contribution in [1.29, 1.82) is 0 Å². The van der Waals surface area contributed by atoms with Crippen molar-refractivity contribution in [2.24, 2.45) is 0 Å². The van der Waals surface area contributed by atoms with Crippen LogP contribution in [0, 0.1) is 3.57 Å². The Morgan fingerprint density at radius 3 is 2.69 bits per heavy atom. The van der Waals surface area contributed by atoms with Gasteiger partial charge in [0.1, 0.15) is 0 Å². The summed E-state index contributed by atoms with van der Waals surface area (Å²) >= 11 is 8.00. The molecule has 2 rings (SSSR count). The van der Waals surface area contributed by atoms with Crippen LogP contribution in [0.15, 0.2) is 18.2 Å². The SMILES string of the molecule is O=C(NC1CCCC1)c1ccc(Cl)cc1I. The van der Waals surface area contributed by atoms with Crippen LogP contribution in [0.5, 0.6) is 0 Å². The summed E-state index contributed by atoms with van der Waals surface area (Å²) in [6.45, 7) is 0. The maximum absolute atomic E-state index is 12.0. The van der Waals surface area contributed by atoms with Gasteiger partial charge in [-0.2, -0.15) is 0 Å². The fourth-order valence-corrected chi connectivity index (χ4v) is 3.12. The van der Waals surface area contributed by atoms with Gasteiger partial charge in [-0.3, -0.25) is 4.79 Å². The first-order valence-corrected chi connectivity index (χ1v) is 6.88. The van der Waals surface area contributed by atoms with Gasteiger partial charge in [0.15, 0.2) is 0 Å². The summed E-state index contributed by atoms with van der Waals surface area (Å²) in [7, 11) is 0. The average molecular weight is 350 g/mol. The second-order valence-corrected chi connectivity index (χ2v) is 5.68. The van der Waals surface area contributed by atoms with Crippen LogP contribution in [-0.2, 0) is 0 Å². The van der Waals surface area contributed by atoms with E-state index in [0.717, 1.165) is 22.0 Å². The molecule has 0 atom stereocenters. The fourth-order valence-electron chi connectivity index (χ4n) is 2.01. The number of amides is 1. The Balaban J connectivity index is 2.08. The number of nitrogens with one attached hydrogen (secondary N) is 1. The average Bonchev–Trinajstić information content (AvgIpc) is 2.70. The third kappa shape index (κ3) is 2.88. The molecule has 1 aliphatic rings. The van der Waals surface area contributed by atoms with E-state index in [1.165, 1.54) is 12.8 Å². The van der Waals surface area contributed by atoms with Gasteiger partial charge in [-0.05, 0) is 53.6 Å². The van der Waals surface area contributed by atoms with E-state index in [0.29, 0.717) is 11.1 Å². The fraction of sp³-hybridized carbons (Fsp3) is 0.417. The lowest BCUT2D eigenvalue weighted by molar-refractivity contribution is 0.0937. The van der Waals surface area contributed by atoms with Crippen LogP contribution in [0.25, 0.3) is 0 Å². The summed E-state index contributed by atoms with van der Waals surface area (Å²) in [5.74, 6) is 0.0213. The molecule has 0 radical (unpaired) electrons. The second kappa shape index (κ2) is 5.36. The second-order valence-electron chi connectivity index (χ2n) is 4.08. The van der Waals surface area contributed by atoms with Crippen LogP contribution in [0.2, 0.25) is 5.02 Å². The Kier molecular flexibility index (Phi) is 4.08. The molecule has 0 bridgehead atoms. The van der Waals surface area contributed by atoms with Gasteiger partial charge in [0.25, 0.3) is 5.91 Å². The molecule has 0 aliphatic heterocycles. The lowest BCUT2D eigenvalue weighted by Crippen LogP contribution is -2.33. The van der Waals surface area contributed by atoms with E-state index in [4.69, 9.17) is 11.6 Å². The molecule has 0 saturated heterocycles. The minimum atomic E-state index is 0.0213. The first kappa shape index (κ1) is 12.2. The number of rotatable bonds is 2. The van der Waals surface area contributed by atoms with Gasteiger partial charge < -0.3 is 5.32 Å². The van der Waals surface area contributed by atoms with Crippen LogP contribution in [0.4, 0.5) is 0 Å². The van der Waals surface area contributed by atoms with Crippen molar-refractivity contribution in [3.8, 4) is 0 Å². The molecule has 1 aliphatic carbocycles. The molecule has 1 fully saturated rings. The molecule has 1 aromatic rings. The van der Waals surface area contributed by atoms with Crippen molar-refractivity contribution in [2.75, 3.05) is 0 Å². The molecule has 0 aromatic heterocycles. The van der Waals surface area contributed by atoms with E-state index in [1.54, 1.807) is 12.1 Å². The van der Waals surface area contributed by atoms with E-state index in [-0.39, 0.29) is 5.91 Å². The molecule has 2 nitrogen and oxygen atoms in total. The molecular formula is C12H13ClINO. The molecule has 1 N–H and O–H groups in total. The summed E-state index contributed by atoms with van der Waals surface area (Å²) in [5.41, 5.74) is 0.719. The van der Waals surface area contributed by atoms with Gasteiger partial charge in [-0.1, -0.05) is 24.4 Å². The van der Waals surface area contributed by atoms with Crippen LogP contribution in [0.3, 0.4) is 0 Å².